The highest BCUT2D eigenvalue weighted by Crippen LogP contribution is 2.29. The zero-order valence-electron chi connectivity index (χ0n) is 17.8. The summed E-state index contributed by atoms with van der Waals surface area (Å²) in [4.78, 5) is 12.2. The number of aromatic nitrogens is 2. The minimum Gasteiger partial charge on any atom is -0.379 e. The van der Waals surface area contributed by atoms with E-state index in [0.29, 0.717) is 6.04 Å². The number of hydrogen-bond acceptors (Lipinski definition) is 6. The molecular formula is C24H33N5O. The summed E-state index contributed by atoms with van der Waals surface area (Å²) in [7, 11) is 0. The minimum absolute atomic E-state index is 0.470. The molecule has 160 valence electrons. The van der Waals surface area contributed by atoms with Gasteiger partial charge in [-0.1, -0.05) is 62.2 Å². The Morgan fingerprint density at radius 2 is 1.77 bits per heavy atom. The van der Waals surface area contributed by atoms with Crippen LogP contribution in [-0.2, 0) is 4.74 Å². The van der Waals surface area contributed by atoms with E-state index in [1.54, 1.807) is 0 Å². The fourth-order valence-electron chi connectivity index (χ4n) is 4.22. The van der Waals surface area contributed by atoms with E-state index in [1.165, 1.54) is 32.1 Å². The quantitative estimate of drug-likeness (QED) is 0.681. The third-order valence-corrected chi connectivity index (χ3v) is 5.95. The van der Waals surface area contributed by atoms with Crippen LogP contribution in [0.1, 0.15) is 37.7 Å². The SMILES string of the molecule is C=Cc1c(NCCN2CCOCC2)nc(-c2ccccc2)nc1NC1CCCCC1. The molecule has 2 N–H and O–H groups in total. The number of nitrogens with one attached hydrogen (secondary N) is 2. The summed E-state index contributed by atoms with van der Waals surface area (Å²) in [5.74, 6) is 2.48. The molecule has 2 aliphatic rings. The van der Waals surface area contributed by atoms with Crippen LogP contribution >= 0.6 is 0 Å². The lowest BCUT2D eigenvalue weighted by atomic mass is 9.95. The van der Waals surface area contributed by atoms with Crippen LogP contribution in [0.2, 0.25) is 0 Å². The van der Waals surface area contributed by atoms with Gasteiger partial charge in [0.1, 0.15) is 11.6 Å². The molecule has 1 aromatic heterocycles. The third-order valence-electron chi connectivity index (χ3n) is 5.95. The second-order valence-electron chi connectivity index (χ2n) is 8.09. The van der Waals surface area contributed by atoms with Crippen molar-refractivity contribution in [3.63, 3.8) is 0 Å². The van der Waals surface area contributed by atoms with E-state index < -0.39 is 0 Å². The summed E-state index contributed by atoms with van der Waals surface area (Å²) < 4.78 is 5.45. The van der Waals surface area contributed by atoms with Gasteiger partial charge in [0.15, 0.2) is 5.82 Å². The van der Waals surface area contributed by atoms with Gasteiger partial charge in [0.25, 0.3) is 0 Å². The van der Waals surface area contributed by atoms with Gasteiger partial charge in [-0.25, -0.2) is 9.97 Å². The average Bonchev–Trinajstić information content (AvgIpc) is 2.81. The number of anilines is 2. The smallest absolute Gasteiger partial charge is 0.163 e. The van der Waals surface area contributed by atoms with Crippen LogP contribution in [0.15, 0.2) is 36.9 Å². The fourth-order valence-corrected chi connectivity index (χ4v) is 4.22. The van der Waals surface area contributed by atoms with Gasteiger partial charge in [-0.3, -0.25) is 4.90 Å². The Bertz CT molecular complexity index is 814. The van der Waals surface area contributed by atoms with Gasteiger partial charge in [0, 0.05) is 37.8 Å². The van der Waals surface area contributed by atoms with Crippen molar-refractivity contribution < 1.29 is 4.74 Å². The number of nitrogens with zero attached hydrogens (tertiary/aromatic N) is 3. The van der Waals surface area contributed by atoms with Crippen molar-refractivity contribution in [1.82, 2.24) is 14.9 Å². The molecular weight excluding hydrogens is 374 g/mol. The van der Waals surface area contributed by atoms with Crippen LogP contribution in [0.5, 0.6) is 0 Å². The second-order valence-corrected chi connectivity index (χ2v) is 8.09. The van der Waals surface area contributed by atoms with Crippen molar-refractivity contribution in [1.29, 1.82) is 0 Å². The zero-order chi connectivity index (χ0) is 20.6. The van der Waals surface area contributed by atoms with Crippen molar-refractivity contribution in [2.24, 2.45) is 0 Å². The van der Waals surface area contributed by atoms with Crippen molar-refractivity contribution in [2.45, 2.75) is 38.1 Å². The molecule has 2 fully saturated rings. The summed E-state index contributed by atoms with van der Waals surface area (Å²) >= 11 is 0. The van der Waals surface area contributed by atoms with Crippen LogP contribution in [-0.4, -0.2) is 60.3 Å². The molecule has 6 heteroatoms. The van der Waals surface area contributed by atoms with E-state index in [4.69, 9.17) is 14.7 Å². The van der Waals surface area contributed by atoms with Gasteiger partial charge in [0.2, 0.25) is 0 Å². The van der Waals surface area contributed by atoms with Crippen LogP contribution in [0.3, 0.4) is 0 Å². The normalized spacial score (nSPS) is 18.1. The maximum atomic E-state index is 5.45. The predicted octanol–water partition coefficient (Wildman–Crippen LogP) is 4.28. The summed E-state index contributed by atoms with van der Waals surface area (Å²) in [5, 5.41) is 7.26. The lowest BCUT2D eigenvalue weighted by molar-refractivity contribution is 0.0398. The first-order chi connectivity index (χ1) is 14.8. The summed E-state index contributed by atoms with van der Waals surface area (Å²) in [6.07, 6.45) is 8.16. The molecule has 1 aliphatic carbocycles. The van der Waals surface area contributed by atoms with E-state index in [2.05, 4.69) is 34.2 Å². The molecule has 1 saturated heterocycles. The predicted molar refractivity (Wildman–Crippen MR) is 124 cm³/mol. The molecule has 2 heterocycles. The zero-order valence-corrected chi connectivity index (χ0v) is 17.8. The Labute approximate surface area is 179 Å². The molecule has 30 heavy (non-hydrogen) atoms. The number of morpholine rings is 1. The van der Waals surface area contributed by atoms with E-state index in [1.807, 2.05) is 24.3 Å². The van der Waals surface area contributed by atoms with E-state index in [-0.39, 0.29) is 0 Å². The number of benzene rings is 1. The first kappa shape index (κ1) is 20.8. The molecule has 1 aromatic carbocycles. The molecule has 1 aliphatic heterocycles. The van der Waals surface area contributed by atoms with E-state index in [9.17, 15) is 0 Å². The molecule has 1 saturated carbocycles. The Morgan fingerprint density at radius 1 is 1.03 bits per heavy atom. The summed E-state index contributed by atoms with van der Waals surface area (Å²) in [6, 6.07) is 10.7. The number of hydrogen-bond donors (Lipinski definition) is 2. The monoisotopic (exact) mass is 407 g/mol. The van der Waals surface area contributed by atoms with Gasteiger partial charge < -0.3 is 15.4 Å². The maximum absolute atomic E-state index is 5.45. The Hall–Kier alpha value is -2.44. The van der Waals surface area contributed by atoms with E-state index in [0.717, 1.165) is 68.0 Å². The van der Waals surface area contributed by atoms with Gasteiger partial charge in [0.05, 0.1) is 18.8 Å². The van der Waals surface area contributed by atoms with E-state index >= 15 is 0 Å². The van der Waals surface area contributed by atoms with Crippen LogP contribution in [0.4, 0.5) is 11.6 Å². The van der Waals surface area contributed by atoms with Crippen LogP contribution in [0, 0.1) is 0 Å². The Morgan fingerprint density at radius 3 is 2.50 bits per heavy atom. The molecule has 0 radical (unpaired) electrons. The third kappa shape index (κ3) is 5.37. The fraction of sp³-hybridized carbons (Fsp3) is 0.500. The number of ether oxygens (including phenoxy) is 1. The van der Waals surface area contributed by atoms with Crippen LogP contribution in [0.25, 0.3) is 17.5 Å². The standard InChI is InChI=1S/C24H33N5O/c1-2-21-23(25-13-14-29-15-17-30-18-16-29)27-22(19-9-5-3-6-10-19)28-24(21)26-20-11-7-4-8-12-20/h2-3,5-6,9-10,20H,1,4,7-8,11-18H2,(H2,25,26,27,28). The molecule has 0 bridgehead atoms. The molecule has 0 amide bonds. The van der Waals surface area contributed by atoms with Gasteiger partial charge in [-0.2, -0.15) is 0 Å². The lowest BCUT2D eigenvalue weighted by Gasteiger charge is -2.27. The highest BCUT2D eigenvalue weighted by Gasteiger charge is 2.19. The van der Waals surface area contributed by atoms with Gasteiger partial charge in [-0.05, 0) is 12.8 Å². The summed E-state index contributed by atoms with van der Waals surface area (Å²) in [6.45, 7) is 9.47. The molecule has 6 nitrogen and oxygen atoms in total. The summed E-state index contributed by atoms with van der Waals surface area (Å²) in [5.41, 5.74) is 1.98. The lowest BCUT2D eigenvalue weighted by Crippen LogP contribution is -2.39. The first-order valence-corrected chi connectivity index (χ1v) is 11.2. The van der Waals surface area contributed by atoms with Crippen molar-refractivity contribution >= 4 is 17.7 Å². The van der Waals surface area contributed by atoms with Crippen LogP contribution < -0.4 is 10.6 Å². The van der Waals surface area contributed by atoms with Crippen molar-refractivity contribution in [3.05, 3.63) is 42.5 Å². The second kappa shape index (κ2) is 10.5. The minimum atomic E-state index is 0.470. The highest BCUT2D eigenvalue weighted by atomic mass is 16.5. The first-order valence-electron chi connectivity index (χ1n) is 11.2. The Kier molecular flexibility index (Phi) is 7.32. The molecule has 0 atom stereocenters. The van der Waals surface area contributed by atoms with Gasteiger partial charge >= 0.3 is 0 Å². The highest BCUT2D eigenvalue weighted by molar-refractivity contribution is 5.75. The van der Waals surface area contributed by atoms with Crippen molar-refractivity contribution in [2.75, 3.05) is 50.0 Å². The molecule has 0 spiro atoms. The molecule has 4 rings (SSSR count). The topological polar surface area (TPSA) is 62.3 Å². The number of rotatable bonds is 8. The average molecular weight is 408 g/mol. The van der Waals surface area contributed by atoms with Gasteiger partial charge in [-0.15, -0.1) is 0 Å². The van der Waals surface area contributed by atoms with Crippen molar-refractivity contribution in [3.8, 4) is 11.4 Å². The molecule has 0 unspecified atom stereocenters. The molecule has 2 aromatic rings. The Balaban J connectivity index is 1.57. The maximum Gasteiger partial charge on any atom is 0.163 e. The largest absolute Gasteiger partial charge is 0.379 e.